The van der Waals surface area contributed by atoms with Crippen molar-refractivity contribution in [3.8, 4) is 0 Å². The Morgan fingerprint density at radius 1 is 0.848 bits per heavy atom. The van der Waals surface area contributed by atoms with Gasteiger partial charge in [-0.25, -0.2) is 16.8 Å². The molecule has 1 saturated heterocycles. The van der Waals surface area contributed by atoms with Crippen molar-refractivity contribution in [2.75, 3.05) is 25.0 Å². The third kappa shape index (κ3) is 5.29. The topological polar surface area (TPSA) is 104 Å². The molecule has 1 amide bonds. The normalized spacial score (nSPS) is 18.1. The molecule has 1 N–H and O–H groups in total. The maximum Gasteiger partial charge on any atom is 0.243 e. The molecule has 0 aromatic heterocycles. The number of rotatable bonds is 8. The van der Waals surface area contributed by atoms with E-state index in [1.807, 2.05) is 6.07 Å². The number of carbonyl (C=O) groups excluding carboxylic acids is 1. The van der Waals surface area contributed by atoms with E-state index in [9.17, 15) is 21.6 Å². The van der Waals surface area contributed by atoms with E-state index < -0.39 is 26.0 Å². The van der Waals surface area contributed by atoms with Gasteiger partial charge in [-0.3, -0.25) is 4.79 Å². The highest BCUT2D eigenvalue weighted by molar-refractivity contribution is 7.89. The predicted octanol–water partition coefficient (Wildman–Crippen LogP) is 3.04. The molecule has 0 atom stereocenters. The summed E-state index contributed by atoms with van der Waals surface area (Å²) in [4.78, 5) is 12.8. The zero-order valence-electron chi connectivity index (χ0n) is 18.4. The zero-order valence-corrected chi connectivity index (χ0v) is 20.0. The predicted molar refractivity (Wildman–Crippen MR) is 126 cm³/mol. The van der Waals surface area contributed by atoms with Crippen LogP contribution >= 0.6 is 0 Å². The Morgan fingerprint density at radius 2 is 1.42 bits per heavy atom. The van der Waals surface area contributed by atoms with Gasteiger partial charge in [0.05, 0.1) is 16.3 Å². The van der Waals surface area contributed by atoms with Crippen LogP contribution in [0.15, 0.2) is 64.4 Å². The average molecular weight is 492 g/mol. The number of hydrogen-bond acceptors (Lipinski definition) is 5. The Balaban J connectivity index is 1.56. The van der Waals surface area contributed by atoms with E-state index in [0.29, 0.717) is 31.6 Å². The molecule has 33 heavy (non-hydrogen) atoms. The maximum atomic E-state index is 13.5. The molecule has 2 fully saturated rings. The van der Waals surface area contributed by atoms with Gasteiger partial charge in [0, 0.05) is 24.8 Å². The fraction of sp³-hybridized carbons (Fsp3) is 0.435. The van der Waals surface area contributed by atoms with Gasteiger partial charge < -0.3 is 5.32 Å². The number of para-hydroxylation sites is 1. The molecule has 0 bridgehead atoms. The zero-order chi connectivity index (χ0) is 23.5. The van der Waals surface area contributed by atoms with Crippen molar-refractivity contribution in [1.82, 2.24) is 8.61 Å². The van der Waals surface area contributed by atoms with E-state index in [0.717, 1.165) is 25.7 Å². The van der Waals surface area contributed by atoms with Gasteiger partial charge >= 0.3 is 0 Å². The van der Waals surface area contributed by atoms with E-state index >= 15 is 0 Å². The van der Waals surface area contributed by atoms with Crippen LogP contribution in [0.3, 0.4) is 0 Å². The van der Waals surface area contributed by atoms with E-state index in [2.05, 4.69) is 5.32 Å². The molecule has 2 aliphatic rings. The van der Waals surface area contributed by atoms with Crippen LogP contribution in [0.2, 0.25) is 0 Å². The first-order chi connectivity index (χ1) is 15.8. The van der Waals surface area contributed by atoms with Crippen LogP contribution in [0, 0.1) is 0 Å². The molecule has 8 nitrogen and oxygen atoms in total. The van der Waals surface area contributed by atoms with Crippen molar-refractivity contribution in [2.24, 2.45) is 0 Å². The first kappa shape index (κ1) is 23.9. The maximum absolute atomic E-state index is 13.5. The summed E-state index contributed by atoms with van der Waals surface area (Å²) in [7, 11) is -7.62. The van der Waals surface area contributed by atoms with Crippen molar-refractivity contribution < 1.29 is 21.6 Å². The van der Waals surface area contributed by atoms with Crippen LogP contribution < -0.4 is 5.32 Å². The molecule has 4 rings (SSSR count). The minimum absolute atomic E-state index is 0.0118. The van der Waals surface area contributed by atoms with Crippen molar-refractivity contribution in [2.45, 2.75) is 54.4 Å². The van der Waals surface area contributed by atoms with Crippen molar-refractivity contribution >= 4 is 31.6 Å². The molecule has 1 aliphatic carbocycles. The van der Waals surface area contributed by atoms with E-state index in [1.54, 1.807) is 24.3 Å². The van der Waals surface area contributed by atoms with Gasteiger partial charge in [-0.05, 0) is 62.1 Å². The fourth-order valence-electron chi connectivity index (χ4n) is 4.46. The van der Waals surface area contributed by atoms with Gasteiger partial charge in [-0.15, -0.1) is 0 Å². The standard InChI is InChI=1S/C23H29N3O5S2/c27-23(24-19-8-2-1-3-9-19)18-26(20-10-4-5-11-20)33(30,31)22-14-12-21(13-15-22)32(28,29)25-16-6-7-17-25/h1-3,8-9,12-15,20H,4-7,10-11,16-18H2,(H,24,27). The minimum atomic E-state index is -3.99. The van der Waals surface area contributed by atoms with E-state index in [-0.39, 0.29) is 22.4 Å². The van der Waals surface area contributed by atoms with Gasteiger partial charge in [0.2, 0.25) is 26.0 Å². The summed E-state index contributed by atoms with van der Waals surface area (Å²) in [5, 5.41) is 2.75. The Morgan fingerprint density at radius 3 is 2.03 bits per heavy atom. The largest absolute Gasteiger partial charge is 0.325 e. The summed E-state index contributed by atoms with van der Waals surface area (Å²) in [6.45, 7) is 0.665. The second-order valence-electron chi connectivity index (χ2n) is 8.49. The lowest BCUT2D eigenvalue weighted by atomic mass is 10.2. The fourth-order valence-corrected chi connectivity index (χ4v) is 7.62. The van der Waals surface area contributed by atoms with Gasteiger partial charge in [-0.1, -0.05) is 31.0 Å². The van der Waals surface area contributed by atoms with Crippen molar-refractivity contribution in [1.29, 1.82) is 0 Å². The first-order valence-electron chi connectivity index (χ1n) is 11.3. The highest BCUT2D eigenvalue weighted by Gasteiger charge is 2.35. The van der Waals surface area contributed by atoms with Crippen LogP contribution in [0.4, 0.5) is 5.69 Å². The second kappa shape index (κ2) is 9.92. The summed E-state index contributed by atoms with van der Waals surface area (Å²) in [6.07, 6.45) is 4.85. The van der Waals surface area contributed by atoms with Crippen LogP contribution in [0.5, 0.6) is 0 Å². The second-order valence-corrected chi connectivity index (χ2v) is 12.3. The van der Waals surface area contributed by atoms with Gasteiger partial charge in [0.15, 0.2) is 0 Å². The Kier molecular flexibility index (Phi) is 7.18. The Hall–Kier alpha value is -2.27. The average Bonchev–Trinajstić information content (AvgIpc) is 3.53. The smallest absolute Gasteiger partial charge is 0.243 e. The monoisotopic (exact) mass is 491 g/mol. The summed E-state index contributed by atoms with van der Waals surface area (Å²) in [5.74, 6) is -0.412. The quantitative estimate of drug-likeness (QED) is 0.611. The number of sulfonamides is 2. The Labute approximate surface area is 195 Å². The lowest BCUT2D eigenvalue weighted by Gasteiger charge is -2.27. The SMILES string of the molecule is O=C(CN(C1CCCC1)S(=O)(=O)c1ccc(S(=O)(=O)N2CCCC2)cc1)Nc1ccccc1. The molecule has 0 radical (unpaired) electrons. The van der Waals surface area contributed by atoms with Crippen LogP contribution in [0.25, 0.3) is 0 Å². The Bertz CT molecular complexity index is 1170. The van der Waals surface area contributed by atoms with Crippen LogP contribution in [-0.4, -0.2) is 57.0 Å². The molecule has 1 saturated carbocycles. The van der Waals surface area contributed by atoms with Crippen LogP contribution in [-0.2, 0) is 24.8 Å². The minimum Gasteiger partial charge on any atom is -0.325 e. The van der Waals surface area contributed by atoms with Crippen molar-refractivity contribution in [3.05, 3.63) is 54.6 Å². The number of carbonyl (C=O) groups is 1. The molecule has 2 aromatic rings. The van der Waals surface area contributed by atoms with Gasteiger partial charge in [-0.2, -0.15) is 8.61 Å². The summed E-state index contributed by atoms with van der Waals surface area (Å²) in [6, 6.07) is 14.0. The molecular formula is C23H29N3O5S2. The third-order valence-corrected chi connectivity index (χ3v) is 10.0. The number of hydrogen-bond donors (Lipinski definition) is 1. The number of nitrogens with zero attached hydrogens (tertiary/aromatic N) is 2. The molecule has 1 heterocycles. The van der Waals surface area contributed by atoms with Gasteiger partial charge in [0.25, 0.3) is 0 Å². The summed E-state index contributed by atoms with van der Waals surface area (Å²) < 4.78 is 55.3. The van der Waals surface area contributed by atoms with E-state index in [1.165, 1.54) is 32.9 Å². The van der Waals surface area contributed by atoms with Crippen molar-refractivity contribution in [3.63, 3.8) is 0 Å². The molecule has 0 unspecified atom stereocenters. The molecule has 1 aliphatic heterocycles. The lowest BCUT2D eigenvalue weighted by molar-refractivity contribution is -0.116. The lowest BCUT2D eigenvalue weighted by Crippen LogP contribution is -2.43. The molecular weight excluding hydrogens is 462 g/mol. The highest BCUT2D eigenvalue weighted by Crippen LogP contribution is 2.30. The van der Waals surface area contributed by atoms with E-state index in [4.69, 9.17) is 0 Å². The number of nitrogens with one attached hydrogen (secondary N) is 1. The number of anilines is 1. The molecule has 2 aromatic carbocycles. The number of amides is 1. The highest BCUT2D eigenvalue weighted by atomic mass is 32.2. The molecule has 10 heteroatoms. The van der Waals surface area contributed by atoms with Crippen LogP contribution in [0.1, 0.15) is 38.5 Å². The first-order valence-corrected chi connectivity index (χ1v) is 14.1. The third-order valence-electron chi connectivity index (χ3n) is 6.22. The van der Waals surface area contributed by atoms with Gasteiger partial charge in [0.1, 0.15) is 0 Å². The molecule has 178 valence electrons. The summed E-state index contributed by atoms with van der Waals surface area (Å²) >= 11 is 0. The summed E-state index contributed by atoms with van der Waals surface area (Å²) in [5.41, 5.74) is 0.600. The molecule has 0 spiro atoms. The number of benzene rings is 2.